The molecule has 1 atom stereocenters. The average Bonchev–Trinajstić information content (AvgIpc) is 2.56. The van der Waals surface area contributed by atoms with E-state index < -0.39 is 5.54 Å². The van der Waals surface area contributed by atoms with Gasteiger partial charge in [0.25, 0.3) is 0 Å². The summed E-state index contributed by atoms with van der Waals surface area (Å²) in [5.74, 6) is 0. The van der Waals surface area contributed by atoms with Gasteiger partial charge in [-0.2, -0.15) is 5.10 Å². The molecule has 0 saturated heterocycles. The Labute approximate surface area is 123 Å². The second kappa shape index (κ2) is 5.16. The van der Waals surface area contributed by atoms with Gasteiger partial charge in [0.15, 0.2) is 0 Å². The van der Waals surface area contributed by atoms with Gasteiger partial charge in [0, 0.05) is 23.2 Å². The van der Waals surface area contributed by atoms with Gasteiger partial charge in [-0.1, -0.05) is 41.4 Å². The van der Waals surface area contributed by atoms with Crippen LogP contribution >= 0.6 is 23.2 Å². The van der Waals surface area contributed by atoms with Crippen LogP contribution in [0.2, 0.25) is 10.2 Å². The maximum atomic E-state index is 6.44. The molecule has 3 nitrogen and oxygen atoms in total. The Kier molecular flexibility index (Phi) is 3.90. The first-order chi connectivity index (χ1) is 8.83. The fraction of sp³-hybridized carbons (Fsp3) is 0.357. The zero-order chi connectivity index (χ0) is 14.2. The predicted octanol–water partition coefficient (Wildman–Crippen LogP) is 3.45. The average molecular weight is 298 g/mol. The number of aryl methyl sites for hydroxylation is 2. The fourth-order valence-corrected chi connectivity index (χ4v) is 2.85. The van der Waals surface area contributed by atoms with Crippen LogP contribution in [0.3, 0.4) is 0 Å². The zero-order valence-corrected chi connectivity index (χ0v) is 12.8. The zero-order valence-electron chi connectivity index (χ0n) is 11.2. The molecule has 0 amide bonds. The van der Waals surface area contributed by atoms with Crippen LogP contribution in [0.25, 0.3) is 0 Å². The first kappa shape index (κ1) is 14.4. The number of nitrogens with two attached hydrogens (primary N) is 1. The number of aromatic nitrogens is 2. The number of hydrogen-bond acceptors (Lipinski definition) is 2. The quantitative estimate of drug-likeness (QED) is 0.943. The SMILES string of the molecule is Cc1nn(C)c(Cl)c1CC(C)(N)c1ccccc1Cl. The van der Waals surface area contributed by atoms with Gasteiger partial charge in [0.05, 0.1) is 5.69 Å². The topological polar surface area (TPSA) is 43.8 Å². The van der Waals surface area contributed by atoms with Crippen LogP contribution in [-0.2, 0) is 19.0 Å². The molecule has 19 heavy (non-hydrogen) atoms. The summed E-state index contributed by atoms with van der Waals surface area (Å²) in [6.07, 6.45) is 0.592. The van der Waals surface area contributed by atoms with Crippen LogP contribution < -0.4 is 5.73 Å². The first-order valence-corrected chi connectivity index (χ1v) is 6.80. The van der Waals surface area contributed by atoms with Crippen molar-refractivity contribution >= 4 is 23.2 Å². The fourth-order valence-electron chi connectivity index (χ4n) is 2.26. The van der Waals surface area contributed by atoms with Gasteiger partial charge in [-0.05, 0) is 31.9 Å². The summed E-state index contributed by atoms with van der Waals surface area (Å²) < 4.78 is 1.66. The van der Waals surface area contributed by atoms with Gasteiger partial charge >= 0.3 is 0 Å². The highest BCUT2D eigenvalue weighted by Crippen LogP contribution is 2.31. The summed E-state index contributed by atoms with van der Waals surface area (Å²) in [4.78, 5) is 0. The molecule has 0 aliphatic heterocycles. The van der Waals surface area contributed by atoms with E-state index in [9.17, 15) is 0 Å². The molecule has 0 aliphatic carbocycles. The summed E-state index contributed by atoms with van der Waals surface area (Å²) >= 11 is 12.5. The second-order valence-corrected chi connectivity index (χ2v) is 5.82. The Morgan fingerprint density at radius 2 is 1.95 bits per heavy atom. The van der Waals surface area contributed by atoms with E-state index in [1.165, 1.54) is 0 Å². The minimum atomic E-state index is -0.588. The summed E-state index contributed by atoms with van der Waals surface area (Å²) in [6.45, 7) is 3.89. The smallest absolute Gasteiger partial charge is 0.130 e. The van der Waals surface area contributed by atoms with Crippen LogP contribution in [0.15, 0.2) is 24.3 Å². The normalized spacial score (nSPS) is 14.4. The van der Waals surface area contributed by atoms with Crippen LogP contribution in [0.4, 0.5) is 0 Å². The van der Waals surface area contributed by atoms with Crippen molar-refractivity contribution in [3.63, 3.8) is 0 Å². The number of benzene rings is 1. The Morgan fingerprint density at radius 3 is 2.47 bits per heavy atom. The van der Waals surface area contributed by atoms with E-state index in [1.807, 2.05) is 45.2 Å². The molecule has 0 aliphatic rings. The Morgan fingerprint density at radius 1 is 1.32 bits per heavy atom. The molecule has 1 heterocycles. The third-order valence-corrected chi connectivity index (χ3v) is 4.11. The lowest BCUT2D eigenvalue weighted by Crippen LogP contribution is -2.36. The van der Waals surface area contributed by atoms with E-state index >= 15 is 0 Å². The maximum Gasteiger partial charge on any atom is 0.130 e. The highest BCUT2D eigenvalue weighted by molar-refractivity contribution is 6.31. The molecule has 0 radical (unpaired) electrons. The molecule has 1 aromatic heterocycles. The van der Waals surface area contributed by atoms with Gasteiger partial charge in [-0.15, -0.1) is 0 Å². The van der Waals surface area contributed by atoms with Crippen molar-refractivity contribution in [2.45, 2.75) is 25.8 Å². The lowest BCUT2D eigenvalue weighted by Gasteiger charge is -2.26. The summed E-state index contributed by atoms with van der Waals surface area (Å²) in [5.41, 5.74) is 8.63. The van der Waals surface area contributed by atoms with Crippen molar-refractivity contribution in [3.05, 3.63) is 51.3 Å². The van der Waals surface area contributed by atoms with Crippen LogP contribution in [0.1, 0.15) is 23.7 Å². The van der Waals surface area contributed by atoms with Gasteiger partial charge in [0.1, 0.15) is 5.15 Å². The monoisotopic (exact) mass is 297 g/mol. The third-order valence-electron chi connectivity index (χ3n) is 3.30. The number of halogens is 2. The van der Waals surface area contributed by atoms with E-state index in [0.29, 0.717) is 16.6 Å². The molecule has 2 aromatic rings. The van der Waals surface area contributed by atoms with Crippen LogP contribution in [0.5, 0.6) is 0 Å². The van der Waals surface area contributed by atoms with E-state index in [2.05, 4.69) is 5.10 Å². The van der Waals surface area contributed by atoms with Crippen LogP contribution in [-0.4, -0.2) is 9.78 Å². The minimum Gasteiger partial charge on any atom is -0.321 e. The molecular weight excluding hydrogens is 281 g/mol. The highest BCUT2D eigenvalue weighted by atomic mass is 35.5. The van der Waals surface area contributed by atoms with Crippen molar-refractivity contribution in [1.82, 2.24) is 9.78 Å². The molecule has 5 heteroatoms. The number of nitrogens with zero attached hydrogens (tertiary/aromatic N) is 2. The minimum absolute atomic E-state index is 0.588. The second-order valence-electron chi connectivity index (χ2n) is 5.05. The van der Waals surface area contributed by atoms with Crippen LogP contribution in [0, 0.1) is 6.92 Å². The largest absolute Gasteiger partial charge is 0.321 e. The molecular formula is C14H17Cl2N3. The molecule has 2 N–H and O–H groups in total. The van der Waals surface area contributed by atoms with Gasteiger partial charge in [-0.3, -0.25) is 4.68 Å². The first-order valence-electron chi connectivity index (χ1n) is 6.05. The van der Waals surface area contributed by atoms with Crippen molar-refractivity contribution in [3.8, 4) is 0 Å². The third kappa shape index (κ3) is 2.78. The van der Waals surface area contributed by atoms with Crippen molar-refractivity contribution in [2.24, 2.45) is 12.8 Å². The van der Waals surface area contributed by atoms with Gasteiger partial charge in [0.2, 0.25) is 0 Å². The predicted molar refractivity (Wildman–Crippen MR) is 79.7 cm³/mol. The molecule has 0 bridgehead atoms. The van der Waals surface area contributed by atoms with Crippen molar-refractivity contribution in [2.75, 3.05) is 0 Å². The Balaban J connectivity index is 2.39. The summed E-state index contributed by atoms with van der Waals surface area (Å²) in [5, 5.41) is 5.60. The Bertz CT molecular complexity index is 603. The number of hydrogen-bond donors (Lipinski definition) is 1. The molecule has 1 unspecified atom stereocenters. The van der Waals surface area contributed by atoms with Gasteiger partial charge < -0.3 is 5.73 Å². The van der Waals surface area contributed by atoms with E-state index in [4.69, 9.17) is 28.9 Å². The summed E-state index contributed by atoms with van der Waals surface area (Å²) in [6, 6.07) is 7.62. The molecule has 0 spiro atoms. The highest BCUT2D eigenvalue weighted by Gasteiger charge is 2.27. The van der Waals surface area contributed by atoms with E-state index in [-0.39, 0.29) is 0 Å². The van der Waals surface area contributed by atoms with Crippen molar-refractivity contribution < 1.29 is 0 Å². The lowest BCUT2D eigenvalue weighted by atomic mass is 9.87. The molecule has 102 valence electrons. The lowest BCUT2D eigenvalue weighted by molar-refractivity contribution is 0.490. The molecule has 2 rings (SSSR count). The van der Waals surface area contributed by atoms with Gasteiger partial charge in [-0.25, -0.2) is 0 Å². The number of rotatable bonds is 3. The molecule has 0 fully saturated rings. The maximum absolute atomic E-state index is 6.44. The molecule has 0 saturated carbocycles. The van der Waals surface area contributed by atoms with Crippen molar-refractivity contribution in [1.29, 1.82) is 0 Å². The standard InChI is InChI=1S/C14H17Cl2N3/c1-9-10(13(16)19(3)18-9)8-14(2,17)11-6-4-5-7-12(11)15/h4-7H,8,17H2,1-3H3. The molecule has 1 aromatic carbocycles. The summed E-state index contributed by atoms with van der Waals surface area (Å²) in [7, 11) is 1.82. The van der Waals surface area contributed by atoms with E-state index in [1.54, 1.807) is 4.68 Å². The Hall–Kier alpha value is -1.03. The van der Waals surface area contributed by atoms with E-state index in [0.717, 1.165) is 16.8 Å².